The van der Waals surface area contributed by atoms with Gasteiger partial charge in [-0.3, -0.25) is 4.79 Å². The number of aromatic amines is 1. The van der Waals surface area contributed by atoms with E-state index in [1.54, 1.807) is 0 Å². The number of H-pyrrole nitrogens is 1. The molecule has 0 saturated carbocycles. The van der Waals surface area contributed by atoms with Crippen molar-refractivity contribution in [3.05, 3.63) is 59.3 Å². The van der Waals surface area contributed by atoms with Crippen LogP contribution in [-0.4, -0.2) is 30.6 Å². The topological polar surface area (TPSA) is 63.4 Å². The second kappa shape index (κ2) is 6.51. The van der Waals surface area contributed by atoms with E-state index in [-0.39, 0.29) is 5.91 Å². The largest absolute Gasteiger partial charge is 0.486 e. The minimum atomic E-state index is -0.0486. The smallest absolute Gasteiger partial charge is 0.253 e. The first-order valence-electron chi connectivity index (χ1n) is 8.46. The van der Waals surface area contributed by atoms with Crippen LogP contribution in [-0.2, 0) is 6.42 Å². The van der Waals surface area contributed by atoms with E-state index in [9.17, 15) is 4.79 Å². The summed E-state index contributed by atoms with van der Waals surface area (Å²) in [7, 11) is 0. The lowest BCUT2D eigenvalue weighted by atomic mass is 10.1. The van der Waals surface area contributed by atoms with E-state index >= 15 is 0 Å². The summed E-state index contributed by atoms with van der Waals surface area (Å²) in [4.78, 5) is 15.8. The van der Waals surface area contributed by atoms with Crippen LogP contribution in [0.15, 0.2) is 42.5 Å². The zero-order valence-corrected chi connectivity index (χ0v) is 14.1. The maximum atomic E-state index is 12.6. The fourth-order valence-corrected chi connectivity index (χ4v) is 3.22. The first-order valence-corrected chi connectivity index (χ1v) is 8.46. The number of amides is 1. The molecule has 0 aliphatic carbocycles. The molecule has 2 heterocycles. The number of ether oxygens (including phenoxy) is 2. The quantitative estimate of drug-likeness (QED) is 0.769. The van der Waals surface area contributed by atoms with Crippen LogP contribution in [0.25, 0.3) is 10.9 Å². The van der Waals surface area contributed by atoms with Crippen LogP contribution < -0.4 is 14.8 Å². The lowest BCUT2D eigenvalue weighted by Crippen LogP contribution is -2.26. The van der Waals surface area contributed by atoms with Gasteiger partial charge in [0.05, 0.1) is 5.56 Å². The van der Waals surface area contributed by atoms with E-state index in [4.69, 9.17) is 9.47 Å². The number of fused-ring (bicyclic) bond motifs is 2. The number of benzene rings is 2. The Bertz CT molecular complexity index is 930. The molecular formula is C20H20N2O3. The number of hydrogen-bond acceptors (Lipinski definition) is 3. The highest BCUT2D eigenvalue weighted by Gasteiger charge is 2.16. The SMILES string of the molecule is Cc1[nH]c2ccccc2c1C(=O)NCCc1ccc2c(c1)OCCO2. The van der Waals surface area contributed by atoms with Crippen molar-refractivity contribution in [3.8, 4) is 11.5 Å². The third kappa shape index (κ3) is 3.05. The summed E-state index contributed by atoms with van der Waals surface area (Å²) in [5, 5.41) is 3.97. The molecule has 0 unspecified atom stereocenters. The molecule has 3 aromatic rings. The Labute approximate surface area is 146 Å². The molecule has 0 radical (unpaired) electrons. The van der Waals surface area contributed by atoms with Crippen molar-refractivity contribution in [3.63, 3.8) is 0 Å². The third-order valence-electron chi connectivity index (χ3n) is 4.43. The van der Waals surface area contributed by atoms with E-state index in [0.29, 0.717) is 19.8 Å². The van der Waals surface area contributed by atoms with Crippen molar-refractivity contribution in [1.82, 2.24) is 10.3 Å². The average molecular weight is 336 g/mol. The molecule has 5 heteroatoms. The molecule has 0 atom stereocenters. The summed E-state index contributed by atoms with van der Waals surface area (Å²) in [6.07, 6.45) is 0.740. The Morgan fingerprint density at radius 3 is 2.80 bits per heavy atom. The first kappa shape index (κ1) is 15.6. The van der Waals surface area contributed by atoms with Crippen LogP contribution in [0.2, 0.25) is 0 Å². The maximum Gasteiger partial charge on any atom is 0.253 e. The molecule has 0 saturated heterocycles. The molecule has 0 spiro atoms. The van der Waals surface area contributed by atoms with Gasteiger partial charge in [-0.15, -0.1) is 0 Å². The molecule has 128 valence electrons. The van der Waals surface area contributed by atoms with Gasteiger partial charge in [0.15, 0.2) is 11.5 Å². The molecule has 25 heavy (non-hydrogen) atoms. The molecule has 2 N–H and O–H groups in total. The van der Waals surface area contributed by atoms with E-state index in [1.807, 2.05) is 49.4 Å². The highest BCUT2D eigenvalue weighted by atomic mass is 16.6. The minimum absolute atomic E-state index is 0.0486. The molecule has 1 amide bonds. The van der Waals surface area contributed by atoms with Gasteiger partial charge in [-0.25, -0.2) is 0 Å². The summed E-state index contributed by atoms with van der Waals surface area (Å²) < 4.78 is 11.1. The van der Waals surface area contributed by atoms with Crippen molar-refractivity contribution in [2.75, 3.05) is 19.8 Å². The normalized spacial score (nSPS) is 13.0. The predicted octanol–water partition coefficient (Wildman–Crippen LogP) is 3.22. The van der Waals surface area contributed by atoms with Gasteiger partial charge in [0.1, 0.15) is 13.2 Å². The third-order valence-corrected chi connectivity index (χ3v) is 4.43. The summed E-state index contributed by atoms with van der Waals surface area (Å²) >= 11 is 0. The van der Waals surface area contributed by atoms with Gasteiger partial charge in [-0.05, 0) is 37.1 Å². The van der Waals surface area contributed by atoms with E-state index in [0.717, 1.165) is 45.6 Å². The number of hydrogen-bond donors (Lipinski definition) is 2. The van der Waals surface area contributed by atoms with Crippen LogP contribution in [0, 0.1) is 6.92 Å². The van der Waals surface area contributed by atoms with Crippen LogP contribution in [0.1, 0.15) is 21.6 Å². The van der Waals surface area contributed by atoms with Gasteiger partial charge < -0.3 is 19.8 Å². The molecular weight excluding hydrogens is 316 g/mol. The predicted molar refractivity (Wildman–Crippen MR) is 96.5 cm³/mol. The molecule has 1 aliphatic rings. The van der Waals surface area contributed by atoms with Gasteiger partial charge >= 0.3 is 0 Å². The van der Waals surface area contributed by atoms with Crippen molar-refractivity contribution < 1.29 is 14.3 Å². The average Bonchev–Trinajstić information content (AvgIpc) is 2.97. The van der Waals surface area contributed by atoms with Gasteiger partial charge in [-0.2, -0.15) is 0 Å². The highest BCUT2D eigenvalue weighted by molar-refractivity contribution is 6.08. The fraction of sp³-hybridized carbons (Fsp3) is 0.250. The molecule has 0 bridgehead atoms. The summed E-state index contributed by atoms with van der Waals surface area (Å²) in [5.74, 6) is 1.52. The number of para-hydroxylation sites is 1. The van der Waals surface area contributed by atoms with Gasteiger partial charge in [-0.1, -0.05) is 24.3 Å². The zero-order valence-electron chi connectivity index (χ0n) is 14.1. The van der Waals surface area contributed by atoms with Crippen molar-refractivity contribution in [2.45, 2.75) is 13.3 Å². The summed E-state index contributed by atoms with van der Waals surface area (Å²) in [5.41, 5.74) is 3.70. The van der Waals surface area contributed by atoms with Gasteiger partial charge in [0.2, 0.25) is 0 Å². The molecule has 1 aliphatic heterocycles. The molecule has 0 fully saturated rings. The Morgan fingerprint density at radius 1 is 1.12 bits per heavy atom. The second-order valence-electron chi connectivity index (χ2n) is 6.15. The Hall–Kier alpha value is -2.95. The number of aromatic nitrogens is 1. The molecule has 5 nitrogen and oxygen atoms in total. The van der Waals surface area contributed by atoms with Gasteiger partial charge in [0, 0.05) is 23.1 Å². The van der Waals surface area contributed by atoms with E-state index < -0.39 is 0 Å². The minimum Gasteiger partial charge on any atom is -0.486 e. The molecule has 2 aromatic carbocycles. The Morgan fingerprint density at radius 2 is 1.92 bits per heavy atom. The van der Waals surface area contributed by atoms with Crippen LogP contribution in [0.5, 0.6) is 11.5 Å². The lowest BCUT2D eigenvalue weighted by Gasteiger charge is -2.18. The fourth-order valence-electron chi connectivity index (χ4n) is 3.22. The van der Waals surface area contributed by atoms with Crippen molar-refractivity contribution in [2.24, 2.45) is 0 Å². The Kier molecular flexibility index (Phi) is 4.06. The molecule has 4 rings (SSSR count). The molecule has 1 aromatic heterocycles. The van der Waals surface area contributed by atoms with Crippen molar-refractivity contribution >= 4 is 16.8 Å². The monoisotopic (exact) mass is 336 g/mol. The zero-order chi connectivity index (χ0) is 17.2. The first-order chi connectivity index (χ1) is 12.2. The summed E-state index contributed by atoms with van der Waals surface area (Å²) in [6.45, 7) is 3.66. The van der Waals surface area contributed by atoms with E-state index in [2.05, 4.69) is 10.3 Å². The number of nitrogens with one attached hydrogen (secondary N) is 2. The Balaban J connectivity index is 1.43. The lowest BCUT2D eigenvalue weighted by molar-refractivity contribution is 0.0955. The maximum absolute atomic E-state index is 12.6. The van der Waals surface area contributed by atoms with Crippen LogP contribution >= 0.6 is 0 Å². The number of rotatable bonds is 4. The highest BCUT2D eigenvalue weighted by Crippen LogP contribution is 2.30. The van der Waals surface area contributed by atoms with Crippen LogP contribution in [0.3, 0.4) is 0 Å². The number of aryl methyl sites for hydroxylation is 1. The standard InChI is InChI=1S/C20H20N2O3/c1-13-19(15-4-2-3-5-16(15)22-13)20(23)21-9-8-14-6-7-17-18(12-14)25-11-10-24-17/h2-7,12,22H,8-11H2,1H3,(H,21,23). The number of carbonyl (C=O) groups excluding carboxylic acids is 1. The van der Waals surface area contributed by atoms with Gasteiger partial charge in [0.25, 0.3) is 5.91 Å². The van der Waals surface area contributed by atoms with E-state index in [1.165, 1.54) is 0 Å². The summed E-state index contributed by atoms with van der Waals surface area (Å²) in [6, 6.07) is 13.8. The van der Waals surface area contributed by atoms with Crippen molar-refractivity contribution in [1.29, 1.82) is 0 Å². The number of carbonyl (C=O) groups is 1. The second-order valence-corrected chi connectivity index (χ2v) is 6.15. The van der Waals surface area contributed by atoms with Crippen LogP contribution in [0.4, 0.5) is 0 Å².